The van der Waals surface area contributed by atoms with Gasteiger partial charge in [-0.1, -0.05) is 44.2 Å². The molecule has 1 saturated heterocycles. The minimum Gasteiger partial charge on any atom is -0.354 e. The topological polar surface area (TPSA) is 61.6 Å². The van der Waals surface area contributed by atoms with E-state index >= 15 is 0 Å². The molecule has 1 aromatic carbocycles. The molecule has 7 nitrogen and oxygen atoms in total. The average Bonchev–Trinajstić information content (AvgIpc) is 3.22. The minimum absolute atomic E-state index is 0. The molecule has 0 saturated carbocycles. The van der Waals surface area contributed by atoms with E-state index < -0.39 is 0 Å². The third-order valence-corrected chi connectivity index (χ3v) is 5.52. The number of piperazine rings is 1. The molecule has 1 N–H and O–H groups in total. The maximum absolute atomic E-state index is 4.93. The molecule has 8 heteroatoms. The van der Waals surface area contributed by atoms with E-state index in [1.807, 2.05) is 0 Å². The van der Waals surface area contributed by atoms with Gasteiger partial charge in [0.25, 0.3) is 0 Å². The number of nitrogens with zero attached hydrogens (tertiary/aromatic N) is 6. The van der Waals surface area contributed by atoms with Crippen LogP contribution in [0.2, 0.25) is 0 Å². The number of halogens is 1. The molecule has 2 heterocycles. The number of nitrogens with one attached hydrogen (secondary N) is 1. The Morgan fingerprint density at radius 3 is 2.53 bits per heavy atom. The monoisotopic (exact) mass is 525 g/mol. The first-order chi connectivity index (χ1) is 14.2. The first-order valence-electron chi connectivity index (χ1n) is 10.9. The number of rotatable bonds is 8. The fraction of sp³-hybridized carbons (Fsp3) is 0.591. The number of hydrogen-bond donors (Lipinski definition) is 1. The van der Waals surface area contributed by atoms with Gasteiger partial charge in [-0.25, -0.2) is 0 Å². The Bertz CT molecular complexity index is 754. The highest BCUT2D eigenvalue weighted by Crippen LogP contribution is 2.09. The molecule has 0 radical (unpaired) electrons. The summed E-state index contributed by atoms with van der Waals surface area (Å²) in [7, 11) is 0. The second kappa shape index (κ2) is 12.9. The van der Waals surface area contributed by atoms with Gasteiger partial charge in [-0.3, -0.25) is 9.89 Å². The van der Waals surface area contributed by atoms with E-state index in [1.54, 1.807) is 6.33 Å². The Morgan fingerprint density at radius 1 is 1.13 bits per heavy atom. The van der Waals surface area contributed by atoms with Gasteiger partial charge in [-0.2, -0.15) is 0 Å². The first-order valence-corrected chi connectivity index (χ1v) is 10.9. The zero-order valence-corrected chi connectivity index (χ0v) is 20.8. The predicted molar refractivity (Wildman–Crippen MR) is 133 cm³/mol. The summed E-state index contributed by atoms with van der Waals surface area (Å²) in [6.45, 7) is 13.2. The van der Waals surface area contributed by atoms with Gasteiger partial charge in [-0.05, 0) is 18.9 Å². The van der Waals surface area contributed by atoms with Crippen molar-refractivity contribution in [1.29, 1.82) is 0 Å². The number of guanidine groups is 1. The zero-order chi connectivity index (χ0) is 20.5. The molecule has 0 amide bonds. The van der Waals surface area contributed by atoms with Crippen LogP contribution >= 0.6 is 24.0 Å². The fourth-order valence-corrected chi connectivity index (χ4v) is 3.52. The highest BCUT2D eigenvalue weighted by atomic mass is 127. The molecule has 166 valence electrons. The molecular weight excluding hydrogens is 489 g/mol. The second-order valence-corrected chi connectivity index (χ2v) is 7.70. The normalized spacial score (nSPS) is 16.2. The molecule has 30 heavy (non-hydrogen) atoms. The number of aryl methyl sites for hydroxylation is 1. The number of hydrogen-bond acceptors (Lipinski definition) is 4. The average molecular weight is 525 g/mol. The molecule has 2 aromatic rings. The van der Waals surface area contributed by atoms with Crippen molar-refractivity contribution in [3.05, 3.63) is 48.0 Å². The Balaban J connectivity index is 0.00000320. The zero-order valence-electron chi connectivity index (χ0n) is 18.5. The summed E-state index contributed by atoms with van der Waals surface area (Å²) < 4.78 is 2.10. The van der Waals surface area contributed by atoms with E-state index in [2.05, 4.69) is 81.0 Å². The summed E-state index contributed by atoms with van der Waals surface area (Å²) in [5.41, 5.74) is 1.38. The van der Waals surface area contributed by atoms with E-state index in [0.29, 0.717) is 6.04 Å². The van der Waals surface area contributed by atoms with Gasteiger partial charge in [0.05, 0.1) is 6.54 Å². The van der Waals surface area contributed by atoms with Gasteiger partial charge in [0, 0.05) is 51.7 Å². The Hall–Kier alpha value is -1.68. The maximum Gasteiger partial charge on any atom is 0.194 e. The molecule has 1 aliphatic heterocycles. The van der Waals surface area contributed by atoms with Crippen LogP contribution < -0.4 is 5.32 Å². The summed E-state index contributed by atoms with van der Waals surface area (Å²) in [5, 5.41) is 11.8. The Labute approximate surface area is 198 Å². The van der Waals surface area contributed by atoms with Crippen molar-refractivity contribution < 1.29 is 0 Å². The van der Waals surface area contributed by atoms with Crippen molar-refractivity contribution in [2.24, 2.45) is 4.99 Å². The number of aromatic nitrogens is 3. The van der Waals surface area contributed by atoms with Gasteiger partial charge in [0.2, 0.25) is 0 Å². The lowest BCUT2D eigenvalue weighted by Gasteiger charge is -2.37. The molecule has 0 bridgehead atoms. The lowest BCUT2D eigenvalue weighted by Crippen LogP contribution is -2.53. The lowest BCUT2D eigenvalue weighted by atomic mass is 10.2. The van der Waals surface area contributed by atoms with Crippen LogP contribution in [0.3, 0.4) is 0 Å². The Kier molecular flexibility index (Phi) is 10.6. The largest absolute Gasteiger partial charge is 0.354 e. The van der Waals surface area contributed by atoms with Crippen LogP contribution in [0, 0.1) is 0 Å². The molecule has 1 unspecified atom stereocenters. The molecule has 0 aliphatic carbocycles. The minimum atomic E-state index is 0. The summed E-state index contributed by atoms with van der Waals surface area (Å²) in [4.78, 5) is 9.86. The summed E-state index contributed by atoms with van der Waals surface area (Å²) >= 11 is 0. The molecule has 3 rings (SSSR count). The predicted octanol–water partition coefficient (Wildman–Crippen LogP) is 3.02. The summed E-state index contributed by atoms with van der Waals surface area (Å²) in [6, 6.07) is 11.1. The van der Waals surface area contributed by atoms with Gasteiger partial charge in [0.1, 0.15) is 12.2 Å². The van der Waals surface area contributed by atoms with Crippen molar-refractivity contribution >= 4 is 29.9 Å². The van der Waals surface area contributed by atoms with Crippen molar-refractivity contribution in [2.45, 2.75) is 52.7 Å². The molecule has 1 aliphatic rings. The number of benzene rings is 1. The SMILES string of the molecule is CCc1nncn1CCN=C(NC(C)CC)N1CCN(Cc2ccccc2)CC1.I. The van der Waals surface area contributed by atoms with E-state index in [9.17, 15) is 0 Å². The van der Waals surface area contributed by atoms with Crippen LogP contribution in [0.25, 0.3) is 0 Å². The van der Waals surface area contributed by atoms with Crippen LogP contribution in [0.1, 0.15) is 38.6 Å². The number of aliphatic imine (C=N–C) groups is 1. The van der Waals surface area contributed by atoms with E-state index in [-0.39, 0.29) is 24.0 Å². The molecule has 1 aromatic heterocycles. The van der Waals surface area contributed by atoms with Gasteiger partial charge in [-0.15, -0.1) is 34.2 Å². The quantitative estimate of drug-likeness (QED) is 0.326. The summed E-state index contributed by atoms with van der Waals surface area (Å²) in [6.07, 6.45) is 3.78. The molecule has 1 atom stereocenters. The van der Waals surface area contributed by atoms with Gasteiger partial charge in [0.15, 0.2) is 5.96 Å². The van der Waals surface area contributed by atoms with Crippen molar-refractivity contribution in [3.63, 3.8) is 0 Å². The van der Waals surface area contributed by atoms with Crippen molar-refractivity contribution in [3.8, 4) is 0 Å². The van der Waals surface area contributed by atoms with Gasteiger partial charge >= 0.3 is 0 Å². The van der Waals surface area contributed by atoms with E-state index in [0.717, 1.165) is 70.4 Å². The third-order valence-electron chi connectivity index (χ3n) is 5.52. The smallest absolute Gasteiger partial charge is 0.194 e. The van der Waals surface area contributed by atoms with Crippen molar-refractivity contribution in [2.75, 3.05) is 32.7 Å². The fourth-order valence-electron chi connectivity index (χ4n) is 3.52. The van der Waals surface area contributed by atoms with Crippen LogP contribution in [0.5, 0.6) is 0 Å². The standard InChI is InChI=1S/C22H35N7.HI/c1-4-19(3)25-22(23-11-12-29-18-24-26-21(29)5-2)28-15-13-27(14-16-28)17-20-9-7-6-8-10-20;/h6-10,18-19H,4-5,11-17H2,1-3H3,(H,23,25);1H. The van der Waals surface area contributed by atoms with Crippen LogP contribution in [0.15, 0.2) is 41.7 Å². The highest BCUT2D eigenvalue weighted by Gasteiger charge is 2.20. The highest BCUT2D eigenvalue weighted by molar-refractivity contribution is 14.0. The van der Waals surface area contributed by atoms with E-state index in [1.165, 1.54) is 5.56 Å². The second-order valence-electron chi connectivity index (χ2n) is 7.70. The van der Waals surface area contributed by atoms with Crippen LogP contribution in [-0.4, -0.2) is 69.3 Å². The van der Waals surface area contributed by atoms with E-state index in [4.69, 9.17) is 4.99 Å². The first kappa shape index (κ1) is 24.6. The van der Waals surface area contributed by atoms with Crippen LogP contribution in [0.4, 0.5) is 0 Å². The van der Waals surface area contributed by atoms with Crippen LogP contribution in [-0.2, 0) is 19.5 Å². The third kappa shape index (κ3) is 7.23. The summed E-state index contributed by atoms with van der Waals surface area (Å²) in [5.74, 6) is 2.05. The maximum atomic E-state index is 4.93. The van der Waals surface area contributed by atoms with Gasteiger partial charge < -0.3 is 14.8 Å². The Morgan fingerprint density at radius 2 is 1.87 bits per heavy atom. The van der Waals surface area contributed by atoms with Crippen molar-refractivity contribution in [1.82, 2.24) is 29.9 Å². The lowest BCUT2D eigenvalue weighted by molar-refractivity contribution is 0.171. The molecular formula is C22H36IN7. The molecule has 0 spiro atoms. The molecule has 1 fully saturated rings.